The van der Waals surface area contributed by atoms with E-state index in [1.165, 1.54) is 133 Å². The Balaban J connectivity index is 0.898. The van der Waals surface area contributed by atoms with Gasteiger partial charge in [0.05, 0.1) is 17.1 Å². The molecule has 4 nitrogen and oxygen atoms in total. The van der Waals surface area contributed by atoms with Crippen LogP contribution in [0.25, 0.3) is 98.9 Å². The van der Waals surface area contributed by atoms with E-state index >= 15 is 0 Å². The molecule has 3 aliphatic rings. The van der Waals surface area contributed by atoms with Gasteiger partial charge in [-0.15, -0.1) is 0 Å². The molecule has 12 aromatic rings. The quantitative estimate of drug-likeness (QED) is 0.172. The van der Waals surface area contributed by atoms with Crippen LogP contribution in [0.2, 0.25) is 0 Å². The Bertz CT molecular complexity index is 4250. The second-order valence-electron chi connectivity index (χ2n) is 20.3. The minimum absolute atomic E-state index is 0.123. The molecule has 4 heteroatoms. The Kier molecular flexibility index (Phi) is 8.26. The largest absolute Gasteiger partial charge is 0.344 e. The minimum Gasteiger partial charge on any atom is -0.344 e. The van der Waals surface area contributed by atoms with Crippen LogP contribution in [-0.2, 0) is 14.1 Å². The average molecular weight is 899 g/mol. The fourth-order valence-electron chi connectivity index (χ4n) is 13.1. The van der Waals surface area contributed by atoms with Gasteiger partial charge in [-0.05, 0) is 159 Å². The van der Waals surface area contributed by atoms with E-state index in [9.17, 15) is 0 Å². The van der Waals surface area contributed by atoms with E-state index in [4.69, 9.17) is 0 Å². The van der Waals surface area contributed by atoms with Crippen molar-refractivity contribution in [1.29, 1.82) is 0 Å². The highest BCUT2D eigenvalue weighted by molar-refractivity contribution is 6.14. The van der Waals surface area contributed by atoms with Gasteiger partial charge in [0.1, 0.15) is 0 Å². The minimum atomic E-state index is 0.123. The van der Waals surface area contributed by atoms with Crippen LogP contribution < -0.4 is 4.90 Å². The first-order valence-electron chi connectivity index (χ1n) is 24.9. The number of aromatic nitrogens is 3. The van der Waals surface area contributed by atoms with Crippen molar-refractivity contribution >= 4 is 82.4 Å². The van der Waals surface area contributed by atoms with Crippen molar-refractivity contribution in [3.63, 3.8) is 0 Å². The number of allylic oxidation sites excluding steroid dienone is 2. The highest BCUT2D eigenvalue weighted by Crippen LogP contribution is 2.56. The van der Waals surface area contributed by atoms with Crippen LogP contribution >= 0.6 is 0 Å². The molecule has 4 unspecified atom stereocenters. The molecule has 0 spiro atoms. The Morgan fingerprint density at radius 1 is 0.371 bits per heavy atom. The fraction of sp³-hybridized carbons (Fsp3) is 0.121. The molecule has 0 N–H and O–H groups in total. The fourth-order valence-corrected chi connectivity index (χ4v) is 13.1. The van der Waals surface area contributed by atoms with Gasteiger partial charge in [-0.2, -0.15) is 0 Å². The van der Waals surface area contributed by atoms with Crippen LogP contribution in [0, 0.1) is 5.92 Å². The second-order valence-corrected chi connectivity index (χ2v) is 20.3. The van der Waals surface area contributed by atoms with Crippen molar-refractivity contribution < 1.29 is 0 Å². The first-order valence-corrected chi connectivity index (χ1v) is 24.9. The number of rotatable bonds is 4. The van der Waals surface area contributed by atoms with Crippen molar-refractivity contribution in [1.82, 2.24) is 13.7 Å². The van der Waals surface area contributed by atoms with Gasteiger partial charge in [0.15, 0.2) is 0 Å². The Morgan fingerprint density at radius 3 is 1.50 bits per heavy atom. The van der Waals surface area contributed by atoms with E-state index in [-0.39, 0.29) is 12.0 Å². The lowest BCUT2D eigenvalue weighted by Crippen LogP contribution is -2.32. The predicted molar refractivity (Wildman–Crippen MR) is 295 cm³/mol. The molecular formula is C66H50N4. The molecule has 0 bridgehead atoms. The number of anilines is 2. The topological polar surface area (TPSA) is 18.0 Å². The van der Waals surface area contributed by atoms with Crippen LogP contribution in [0.1, 0.15) is 42.4 Å². The summed E-state index contributed by atoms with van der Waals surface area (Å²) in [4.78, 5) is 2.61. The SMILES string of the molecule is CC1C2=CC3c4cc(-c5ccc6c(c5)c5ccccc5n6C)ccc4N(c4ccccc4)C3C=C2c2cc3c(cc2C1C)c1cc(-c2ccc4c(c2)c2ccccc2n4C)ccc1n3-c1ccccc1. The Labute approximate surface area is 407 Å². The number of benzene rings is 9. The van der Waals surface area contributed by atoms with E-state index in [0.29, 0.717) is 11.8 Å². The average Bonchev–Trinajstić information content (AvgIpc) is 4.10. The van der Waals surface area contributed by atoms with Crippen molar-refractivity contribution in [3.05, 3.63) is 229 Å². The summed E-state index contributed by atoms with van der Waals surface area (Å²) >= 11 is 0. The van der Waals surface area contributed by atoms with Crippen molar-refractivity contribution in [2.45, 2.75) is 31.7 Å². The van der Waals surface area contributed by atoms with Gasteiger partial charge in [-0.1, -0.05) is 123 Å². The van der Waals surface area contributed by atoms with Gasteiger partial charge in [0.2, 0.25) is 0 Å². The van der Waals surface area contributed by atoms with Gasteiger partial charge < -0.3 is 18.6 Å². The number of para-hydroxylation sites is 4. The molecule has 4 heterocycles. The Morgan fingerprint density at radius 2 is 0.871 bits per heavy atom. The molecule has 1 aliphatic heterocycles. The van der Waals surface area contributed by atoms with Gasteiger partial charge in [0, 0.05) is 91.5 Å². The van der Waals surface area contributed by atoms with Crippen LogP contribution in [0.15, 0.2) is 212 Å². The third-order valence-corrected chi connectivity index (χ3v) is 16.8. The first-order chi connectivity index (χ1) is 34.4. The molecule has 0 saturated heterocycles. The zero-order chi connectivity index (χ0) is 46.5. The molecule has 4 atom stereocenters. The second kappa shape index (κ2) is 14.6. The molecule has 0 fully saturated rings. The van der Waals surface area contributed by atoms with E-state index in [1.807, 2.05) is 0 Å². The molecule has 0 amide bonds. The maximum atomic E-state index is 2.67. The van der Waals surface area contributed by atoms with E-state index in [1.54, 1.807) is 0 Å². The molecule has 9 aromatic carbocycles. The lowest BCUT2D eigenvalue weighted by Gasteiger charge is -2.39. The molecule has 0 saturated carbocycles. The maximum Gasteiger partial charge on any atom is 0.0635 e. The highest BCUT2D eigenvalue weighted by Gasteiger charge is 2.43. The number of aryl methyl sites for hydroxylation is 2. The Hall–Kier alpha value is -8.34. The molecular weight excluding hydrogens is 849 g/mol. The van der Waals surface area contributed by atoms with Crippen molar-refractivity contribution in [2.75, 3.05) is 4.90 Å². The lowest BCUT2D eigenvalue weighted by atomic mass is 9.67. The molecule has 334 valence electrons. The van der Waals surface area contributed by atoms with Gasteiger partial charge in [0.25, 0.3) is 0 Å². The number of nitrogens with zero attached hydrogens (tertiary/aromatic N) is 4. The van der Waals surface area contributed by atoms with E-state index < -0.39 is 0 Å². The van der Waals surface area contributed by atoms with Crippen molar-refractivity contribution in [2.24, 2.45) is 20.0 Å². The summed E-state index contributed by atoms with van der Waals surface area (Å²) in [6.07, 6.45) is 5.30. The summed E-state index contributed by atoms with van der Waals surface area (Å²) in [5, 5.41) is 7.78. The van der Waals surface area contributed by atoms with Gasteiger partial charge in [-0.3, -0.25) is 0 Å². The van der Waals surface area contributed by atoms with Gasteiger partial charge in [-0.25, -0.2) is 0 Å². The summed E-state index contributed by atoms with van der Waals surface area (Å²) in [7, 11) is 4.35. The molecule has 3 aromatic heterocycles. The van der Waals surface area contributed by atoms with Crippen LogP contribution in [0.3, 0.4) is 0 Å². The van der Waals surface area contributed by atoms with Crippen LogP contribution in [0.4, 0.5) is 11.4 Å². The smallest absolute Gasteiger partial charge is 0.0635 e. The lowest BCUT2D eigenvalue weighted by molar-refractivity contribution is 0.552. The number of hydrogen-bond acceptors (Lipinski definition) is 1. The zero-order valence-electron chi connectivity index (χ0n) is 39.7. The van der Waals surface area contributed by atoms with Gasteiger partial charge >= 0.3 is 0 Å². The molecule has 70 heavy (non-hydrogen) atoms. The molecule has 2 aliphatic carbocycles. The number of fused-ring (bicyclic) bond motifs is 15. The van der Waals surface area contributed by atoms with Crippen LogP contribution in [-0.4, -0.2) is 19.7 Å². The maximum absolute atomic E-state index is 2.67. The first kappa shape index (κ1) is 39.6. The summed E-state index contributed by atoms with van der Waals surface area (Å²) in [6, 6.07) is 73.1. The third kappa shape index (κ3) is 5.47. The van der Waals surface area contributed by atoms with Crippen LogP contribution in [0.5, 0.6) is 0 Å². The standard InChI is InChI=1S/C66H50N4/c1-39-40(2)50-36-58-56-34-44(42-24-28-62-54(32-42)48-20-12-14-22-60(48)68(62)4)26-30-64(56)70(46-17-9-6-10-18-46)66(58)38-52(50)51-37-65-57(35-49(39)51)55-33-43(25-29-63(55)69(65)45-15-7-5-8-16-45)41-23-27-61-53(31-41)47-19-11-13-21-59(47)67(61)3/h5-40,57,65H,1-4H3. The predicted octanol–water partition coefficient (Wildman–Crippen LogP) is 16.8. The molecule has 15 rings (SSSR count). The molecule has 0 radical (unpaired) electrons. The number of hydrogen-bond donors (Lipinski definition) is 0. The van der Waals surface area contributed by atoms with E-state index in [0.717, 1.165) is 0 Å². The zero-order valence-corrected chi connectivity index (χ0v) is 39.7. The van der Waals surface area contributed by atoms with Crippen molar-refractivity contribution in [3.8, 4) is 27.9 Å². The summed E-state index contributed by atoms with van der Waals surface area (Å²) in [6.45, 7) is 4.92. The summed E-state index contributed by atoms with van der Waals surface area (Å²) in [5.41, 5.74) is 23.2. The van der Waals surface area contributed by atoms with E-state index in [2.05, 4.69) is 253 Å². The summed E-state index contributed by atoms with van der Waals surface area (Å²) in [5.74, 6) is 0.877. The normalized spacial score (nSPS) is 18.4. The highest BCUT2D eigenvalue weighted by atomic mass is 15.2. The monoisotopic (exact) mass is 898 g/mol. The third-order valence-electron chi connectivity index (χ3n) is 16.8. The summed E-state index contributed by atoms with van der Waals surface area (Å²) < 4.78 is 7.13.